The van der Waals surface area contributed by atoms with E-state index in [-0.39, 0.29) is 38.4 Å². The van der Waals surface area contributed by atoms with Gasteiger partial charge in [0, 0.05) is 31.5 Å². The Bertz CT molecular complexity index is 1150. The Morgan fingerprint density at radius 3 is 2.33 bits per heavy atom. The van der Waals surface area contributed by atoms with Crippen LogP contribution in [-0.2, 0) is 34.0 Å². The van der Waals surface area contributed by atoms with Gasteiger partial charge in [-0.2, -0.15) is 0 Å². The lowest BCUT2D eigenvalue weighted by Crippen LogP contribution is -2.55. The van der Waals surface area contributed by atoms with E-state index in [1.165, 1.54) is 4.90 Å². The molecule has 1 unspecified atom stereocenters. The number of hydrogen-bond acceptors (Lipinski definition) is 11. The molecule has 0 aromatic carbocycles. The minimum absolute atomic E-state index is 0.0347. The highest BCUT2D eigenvalue weighted by molar-refractivity contribution is 7.87. The van der Waals surface area contributed by atoms with Crippen molar-refractivity contribution < 1.29 is 54.3 Å². The van der Waals surface area contributed by atoms with Gasteiger partial charge in [-0.1, -0.05) is 13.8 Å². The number of hydrogen-bond donors (Lipinski definition) is 4. The van der Waals surface area contributed by atoms with Crippen molar-refractivity contribution in [3.05, 3.63) is 0 Å². The second kappa shape index (κ2) is 13.6. The summed E-state index contributed by atoms with van der Waals surface area (Å²) in [6.07, 6.45) is -2.17. The van der Waals surface area contributed by atoms with E-state index in [0.29, 0.717) is 0 Å². The predicted molar refractivity (Wildman–Crippen MR) is 137 cm³/mol. The number of ketones is 1. The van der Waals surface area contributed by atoms with E-state index in [1.807, 2.05) is 0 Å². The molecule has 40 heavy (non-hydrogen) atoms. The maximum Gasteiger partial charge on any atom is 0.410 e. The zero-order valence-electron chi connectivity index (χ0n) is 25.1. The highest BCUT2D eigenvalue weighted by atomic mass is 32.2. The van der Waals surface area contributed by atoms with Crippen LogP contribution in [0, 0.1) is 17.8 Å². The van der Waals surface area contributed by atoms with Crippen LogP contribution in [0.5, 0.6) is 0 Å². The lowest BCUT2D eigenvalue weighted by molar-refractivity contribution is -0.132. The molecule has 2 aliphatic heterocycles. The number of carbonyl (C=O) groups excluding carboxylic acids is 5. The van der Waals surface area contributed by atoms with E-state index in [9.17, 15) is 42.0 Å². The summed E-state index contributed by atoms with van der Waals surface area (Å²) in [5, 5.41) is 16.7. The fourth-order valence-electron chi connectivity index (χ4n) is 4.03. The van der Waals surface area contributed by atoms with E-state index < -0.39 is 87.8 Å². The molecule has 0 spiro atoms. The first-order chi connectivity index (χ1) is 19.1. The summed E-state index contributed by atoms with van der Waals surface area (Å²) in [5.41, 5.74) is -3.75. The molecule has 2 rings (SSSR count). The van der Waals surface area contributed by atoms with Gasteiger partial charge in [0.2, 0.25) is 17.3 Å². The second-order valence-corrected chi connectivity index (χ2v) is 12.7. The van der Waals surface area contributed by atoms with E-state index in [4.69, 9.17) is 12.2 Å². The number of nitrogens with one attached hydrogen (secondary N) is 3. The Labute approximate surface area is 236 Å². The largest absolute Gasteiger partial charge is 0.746 e. The minimum Gasteiger partial charge on any atom is -0.746 e. The highest BCUT2D eigenvalue weighted by Crippen LogP contribution is 2.21. The van der Waals surface area contributed by atoms with E-state index >= 15 is 0 Å². The summed E-state index contributed by atoms with van der Waals surface area (Å²) < 4.78 is 60.2. The molecule has 0 bridgehead atoms. The topological polar surface area (TPSA) is 221 Å². The Morgan fingerprint density at radius 1 is 1.20 bits per heavy atom. The first-order valence-electron chi connectivity index (χ1n) is 13.8. The van der Waals surface area contributed by atoms with Crippen molar-refractivity contribution >= 4 is 39.9 Å². The first-order valence-corrected chi connectivity index (χ1v) is 14.3. The number of Topliss-reactive ketones (excluding diaryl/α,β-unsaturated/α-hetero) is 1. The maximum atomic E-state index is 13.2. The summed E-state index contributed by atoms with van der Waals surface area (Å²) in [7, 11) is -5.49. The predicted octanol–water partition coefficient (Wildman–Crippen LogP) is -0.562. The van der Waals surface area contributed by atoms with Crippen LogP contribution in [0.15, 0.2) is 0 Å². The molecule has 0 aromatic rings. The fraction of sp³-hybridized carbons (Fsp3) is 0.792. The van der Waals surface area contributed by atoms with Crippen LogP contribution in [0.1, 0.15) is 56.6 Å². The van der Waals surface area contributed by atoms with Crippen LogP contribution in [0.25, 0.3) is 0 Å². The van der Waals surface area contributed by atoms with Crippen molar-refractivity contribution in [3.63, 3.8) is 0 Å². The molecule has 2 aliphatic rings. The van der Waals surface area contributed by atoms with Gasteiger partial charge in [-0.25, -0.2) is 18.0 Å². The second-order valence-electron chi connectivity index (χ2n) is 11.2. The van der Waals surface area contributed by atoms with Crippen LogP contribution in [0.3, 0.4) is 0 Å². The van der Waals surface area contributed by atoms with Gasteiger partial charge in [-0.3, -0.25) is 14.4 Å². The molecule has 228 valence electrons. The number of aliphatic hydroxyl groups excluding tert-OH is 1. The zero-order valence-corrected chi connectivity index (χ0v) is 23.9. The van der Waals surface area contributed by atoms with Gasteiger partial charge in [0.25, 0.3) is 0 Å². The molecule has 0 saturated carbocycles. The van der Waals surface area contributed by atoms with Gasteiger partial charge < -0.3 is 40.0 Å². The van der Waals surface area contributed by atoms with Crippen LogP contribution in [-0.4, -0.2) is 102 Å². The van der Waals surface area contributed by atoms with Gasteiger partial charge in [-0.05, 0) is 46.0 Å². The van der Waals surface area contributed by atoms with Crippen molar-refractivity contribution in [2.45, 2.75) is 77.0 Å². The Morgan fingerprint density at radius 2 is 1.82 bits per heavy atom. The van der Waals surface area contributed by atoms with Crippen LogP contribution in [0.2, 0.25) is 0 Å². The quantitative estimate of drug-likeness (QED) is 0.210. The lowest BCUT2D eigenvalue weighted by Gasteiger charge is -2.39. The minimum atomic E-state index is -5.49. The summed E-state index contributed by atoms with van der Waals surface area (Å²) in [6.45, 7) is 5.98. The third kappa shape index (κ3) is 10.2. The van der Waals surface area contributed by atoms with Gasteiger partial charge in [0.05, 0.1) is 15.3 Å². The van der Waals surface area contributed by atoms with E-state index in [2.05, 4.69) is 16.0 Å². The van der Waals surface area contributed by atoms with Gasteiger partial charge in [0.1, 0.15) is 21.8 Å². The monoisotopic (exact) mass is 593 g/mol. The molecule has 2 heterocycles. The van der Waals surface area contributed by atoms with Crippen LogP contribution in [0.4, 0.5) is 9.59 Å². The van der Waals surface area contributed by atoms with E-state index in [1.54, 1.807) is 34.6 Å². The summed E-state index contributed by atoms with van der Waals surface area (Å²) in [5.74, 6) is -4.96. The molecule has 4 amide bonds. The molecule has 0 radical (unpaired) electrons. The molecule has 0 aliphatic carbocycles. The SMILES string of the molecule is [2H]C([2H])(OC(=O)N[C@@H](CC(C)C)C(=O)N[C@@H](C[C@H]1CCNC1=O)C(=O)C(O)S(=O)(=O)[O-])C1CN(C(=O)OC(C)(C)C)C1. The van der Waals surface area contributed by atoms with Crippen molar-refractivity contribution in [1.82, 2.24) is 20.9 Å². The van der Waals surface area contributed by atoms with Gasteiger partial charge >= 0.3 is 12.2 Å². The van der Waals surface area contributed by atoms with Gasteiger partial charge in [-0.15, -0.1) is 0 Å². The van der Waals surface area contributed by atoms with Gasteiger partial charge in [0.15, 0.2) is 5.78 Å². The molecular formula is C24H39N4O11S-. The highest BCUT2D eigenvalue weighted by Gasteiger charge is 2.38. The fourth-order valence-corrected chi connectivity index (χ4v) is 4.48. The Hall–Kier alpha value is -2.98. The third-order valence-corrected chi connectivity index (χ3v) is 6.81. The molecular weight excluding hydrogens is 552 g/mol. The number of carbonyl (C=O) groups is 5. The summed E-state index contributed by atoms with van der Waals surface area (Å²) >= 11 is 0. The third-order valence-electron chi connectivity index (χ3n) is 6.03. The lowest BCUT2D eigenvalue weighted by atomic mass is 9.95. The molecule has 15 nitrogen and oxygen atoms in total. The number of ether oxygens (including phenoxy) is 2. The Kier molecular flexibility index (Phi) is 10.2. The van der Waals surface area contributed by atoms with E-state index in [0.717, 1.165) is 0 Å². The van der Waals surface area contributed by atoms with Crippen LogP contribution >= 0.6 is 0 Å². The van der Waals surface area contributed by atoms with Crippen molar-refractivity contribution in [2.75, 3.05) is 26.2 Å². The number of likely N-dealkylation sites (tertiary alicyclic amines) is 1. The van der Waals surface area contributed by atoms with Crippen molar-refractivity contribution in [1.29, 1.82) is 0 Å². The summed E-state index contributed by atoms with van der Waals surface area (Å²) in [6, 6.07) is -3.18. The normalized spacial score (nSPS) is 21.2. The van der Waals surface area contributed by atoms with Crippen LogP contribution < -0.4 is 16.0 Å². The summed E-state index contributed by atoms with van der Waals surface area (Å²) in [4.78, 5) is 63.9. The molecule has 0 aromatic heterocycles. The number of rotatable bonds is 12. The molecule has 2 saturated heterocycles. The number of nitrogens with zero attached hydrogens (tertiary/aromatic N) is 1. The smallest absolute Gasteiger partial charge is 0.410 e. The number of aliphatic hydroxyl groups is 1. The van der Waals surface area contributed by atoms with Crippen molar-refractivity contribution in [3.8, 4) is 0 Å². The average Bonchev–Trinajstić information content (AvgIpc) is 3.17. The number of amides is 4. The Balaban J connectivity index is 2.10. The maximum absolute atomic E-state index is 13.2. The molecule has 2 fully saturated rings. The van der Waals surface area contributed by atoms with Crippen molar-refractivity contribution in [2.24, 2.45) is 17.8 Å². The standard InChI is InChI=1S/C24H40N4O11S/c1-13(2)8-17(27-22(33)38-12-14-10-28(11-14)23(34)39-24(3,4)5)20(31)26-16(9-15-6-7-25-19(15)30)18(29)21(32)40(35,36)37/h13-17,21,32H,6-12H2,1-5H3,(H,25,30)(H,26,31)(H,27,33)(H,35,36,37)/p-1/t15-,16+,17+,21?/m1/s1/i12D2. The average molecular weight is 594 g/mol. The first kappa shape index (κ1) is 30.0. The molecule has 16 heteroatoms. The zero-order chi connectivity index (χ0) is 32.2. The number of alkyl carbamates (subject to hydrolysis) is 1. The molecule has 4 N–H and O–H groups in total. The molecule has 4 atom stereocenters.